The Morgan fingerprint density at radius 2 is 1.61 bits per heavy atom. The molecule has 1 amide bonds. The third kappa shape index (κ3) is 3.35. The van der Waals surface area contributed by atoms with Crippen LogP contribution in [0.15, 0.2) is 84.9 Å². The molecule has 28 heavy (non-hydrogen) atoms. The molecule has 0 aromatic heterocycles. The fourth-order valence-corrected chi connectivity index (χ4v) is 3.19. The maximum absolute atomic E-state index is 13.1. The molecular formula is C22H17N3O3. The number of carbonyl (C=O) groups is 1. The van der Waals surface area contributed by atoms with E-state index in [1.807, 2.05) is 60.7 Å². The molecule has 6 heteroatoms. The Labute approximate surface area is 161 Å². The second-order valence-corrected chi connectivity index (χ2v) is 6.35. The SMILES string of the molecule is O=C1c2ccccc2NC(/C=C/c2ccc([N+](=O)[O-])cc2)N1c1ccccc1. The summed E-state index contributed by atoms with van der Waals surface area (Å²) in [4.78, 5) is 25.2. The molecule has 3 aromatic carbocycles. The van der Waals surface area contributed by atoms with Crippen LogP contribution in [-0.4, -0.2) is 17.0 Å². The molecule has 138 valence electrons. The zero-order valence-corrected chi connectivity index (χ0v) is 14.9. The minimum atomic E-state index is -0.428. The van der Waals surface area contributed by atoms with Gasteiger partial charge in [-0.2, -0.15) is 0 Å². The highest BCUT2D eigenvalue weighted by Gasteiger charge is 2.31. The van der Waals surface area contributed by atoms with Gasteiger partial charge in [-0.05, 0) is 48.0 Å². The smallest absolute Gasteiger partial charge is 0.269 e. The van der Waals surface area contributed by atoms with Crippen molar-refractivity contribution in [2.45, 2.75) is 6.17 Å². The third-order valence-corrected chi connectivity index (χ3v) is 4.57. The highest BCUT2D eigenvalue weighted by molar-refractivity contribution is 6.12. The van der Waals surface area contributed by atoms with Crippen molar-refractivity contribution in [3.63, 3.8) is 0 Å². The lowest BCUT2D eigenvalue weighted by molar-refractivity contribution is -0.384. The number of fused-ring (bicyclic) bond motifs is 1. The van der Waals surface area contributed by atoms with Gasteiger partial charge in [-0.3, -0.25) is 19.8 Å². The zero-order chi connectivity index (χ0) is 19.5. The number of non-ortho nitro benzene ring substituents is 1. The molecule has 4 rings (SSSR count). The number of hydrogen-bond donors (Lipinski definition) is 1. The summed E-state index contributed by atoms with van der Waals surface area (Å²) in [5.41, 5.74) is 3.03. The molecule has 0 radical (unpaired) electrons. The number of nitrogens with zero attached hydrogens (tertiary/aromatic N) is 2. The zero-order valence-electron chi connectivity index (χ0n) is 14.9. The molecule has 1 unspecified atom stereocenters. The van der Waals surface area contributed by atoms with Crippen LogP contribution in [0.3, 0.4) is 0 Å². The number of nitro groups is 1. The summed E-state index contributed by atoms with van der Waals surface area (Å²) < 4.78 is 0. The highest BCUT2D eigenvalue weighted by Crippen LogP contribution is 2.30. The van der Waals surface area contributed by atoms with Crippen LogP contribution in [-0.2, 0) is 0 Å². The maximum Gasteiger partial charge on any atom is 0.269 e. The predicted octanol–water partition coefficient (Wildman–Crippen LogP) is 4.71. The van der Waals surface area contributed by atoms with Gasteiger partial charge < -0.3 is 5.32 Å². The van der Waals surface area contributed by atoms with E-state index in [4.69, 9.17) is 0 Å². The molecule has 1 atom stereocenters. The monoisotopic (exact) mass is 371 g/mol. The van der Waals surface area contributed by atoms with Crippen molar-refractivity contribution in [2.24, 2.45) is 0 Å². The fourth-order valence-electron chi connectivity index (χ4n) is 3.19. The maximum atomic E-state index is 13.1. The number of hydrogen-bond acceptors (Lipinski definition) is 4. The Morgan fingerprint density at radius 3 is 2.32 bits per heavy atom. The van der Waals surface area contributed by atoms with E-state index >= 15 is 0 Å². The Morgan fingerprint density at radius 1 is 0.929 bits per heavy atom. The van der Waals surface area contributed by atoms with Crippen LogP contribution in [0, 0.1) is 10.1 Å². The third-order valence-electron chi connectivity index (χ3n) is 4.57. The van der Waals surface area contributed by atoms with Crippen molar-refractivity contribution in [3.8, 4) is 0 Å². The second-order valence-electron chi connectivity index (χ2n) is 6.35. The Balaban J connectivity index is 1.68. The molecule has 1 N–H and O–H groups in total. The number of carbonyl (C=O) groups excluding carboxylic acids is 1. The number of nitro benzene ring substituents is 1. The molecule has 0 saturated heterocycles. The van der Waals surface area contributed by atoms with Crippen LogP contribution in [0.4, 0.5) is 17.1 Å². The minimum absolute atomic E-state index is 0.0444. The summed E-state index contributed by atoms with van der Waals surface area (Å²) in [6.45, 7) is 0. The van der Waals surface area contributed by atoms with E-state index in [1.165, 1.54) is 12.1 Å². The van der Waals surface area contributed by atoms with Gasteiger partial charge in [0.1, 0.15) is 6.17 Å². The molecule has 3 aromatic rings. The van der Waals surface area contributed by atoms with Crippen molar-refractivity contribution in [2.75, 3.05) is 10.2 Å². The number of amides is 1. The van der Waals surface area contributed by atoms with Gasteiger partial charge in [0.2, 0.25) is 0 Å². The van der Waals surface area contributed by atoms with Crippen molar-refractivity contribution in [1.82, 2.24) is 0 Å². The lowest BCUT2D eigenvalue weighted by Gasteiger charge is -2.36. The van der Waals surface area contributed by atoms with Crippen LogP contribution in [0.1, 0.15) is 15.9 Å². The quantitative estimate of drug-likeness (QED) is 0.532. The van der Waals surface area contributed by atoms with E-state index in [-0.39, 0.29) is 17.8 Å². The van der Waals surface area contributed by atoms with Crippen molar-refractivity contribution < 1.29 is 9.72 Å². The van der Waals surface area contributed by atoms with Gasteiger partial charge in [0.05, 0.1) is 10.5 Å². The average Bonchev–Trinajstić information content (AvgIpc) is 2.73. The molecule has 0 spiro atoms. The molecule has 0 bridgehead atoms. The summed E-state index contributed by atoms with van der Waals surface area (Å²) in [7, 11) is 0. The van der Waals surface area contributed by atoms with E-state index < -0.39 is 4.92 Å². The summed E-state index contributed by atoms with van der Waals surface area (Å²) >= 11 is 0. The molecule has 1 heterocycles. The summed E-state index contributed by atoms with van der Waals surface area (Å²) in [6, 6.07) is 23.1. The summed E-state index contributed by atoms with van der Waals surface area (Å²) in [6.07, 6.45) is 3.33. The number of nitrogens with one attached hydrogen (secondary N) is 1. The van der Waals surface area contributed by atoms with Gasteiger partial charge in [0.15, 0.2) is 0 Å². The van der Waals surface area contributed by atoms with Crippen molar-refractivity contribution >= 4 is 29.0 Å². The Kier molecular flexibility index (Phi) is 4.60. The standard InChI is InChI=1S/C22H17N3O3/c26-22-19-8-4-5-9-20(19)23-21(24(22)17-6-2-1-3-7-17)15-12-16-10-13-18(14-11-16)25(27)28/h1-15,21,23H/b15-12+. The molecule has 0 aliphatic carbocycles. The molecule has 6 nitrogen and oxygen atoms in total. The van der Waals surface area contributed by atoms with E-state index in [9.17, 15) is 14.9 Å². The predicted molar refractivity (Wildman–Crippen MR) is 109 cm³/mol. The van der Waals surface area contributed by atoms with E-state index in [0.29, 0.717) is 5.56 Å². The molecule has 1 aliphatic heterocycles. The summed E-state index contributed by atoms with van der Waals surface area (Å²) in [5.74, 6) is -0.0844. The van der Waals surface area contributed by atoms with Gasteiger partial charge >= 0.3 is 0 Å². The minimum Gasteiger partial charge on any atom is -0.361 e. The van der Waals surface area contributed by atoms with Crippen LogP contribution >= 0.6 is 0 Å². The van der Waals surface area contributed by atoms with E-state index in [1.54, 1.807) is 23.1 Å². The number of rotatable bonds is 4. The highest BCUT2D eigenvalue weighted by atomic mass is 16.6. The Hall–Kier alpha value is -3.93. The topological polar surface area (TPSA) is 75.5 Å². The van der Waals surface area contributed by atoms with Crippen LogP contribution < -0.4 is 10.2 Å². The van der Waals surface area contributed by atoms with Crippen LogP contribution in [0.2, 0.25) is 0 Å². The van der Waals surface area contributed by atoms with Crippen molar-refractivity contribution in [3.05, 3.63) is 106 Å². The number of para-hydroxylation sites is 2. The number of benzene rings is 3. The first-order valence-electron chi connectivity index (χ1n) is 8.80. The largest absolute Gasteiger partial charge is 0.361 e. The lowest BCUT2D eigenvalue weighted by Crippen LogP contribution is -2.48. The molecule has 0 saturated carbocycles. The number of anilines is 2. The molecule has 1 aliphatic rings. The van der Waals surface area contributed by atoms with Crippen LogP contribution in [0.5, 0.6) is 0 Å². The van der Waals surface area contributed by atoms with E-state index in [0.717, 1.165) is 16.9 Å². The first-order valence-corrected chi connectivity index (χ1v) is 8.80. The molecule has 0 fully saturated rings. The van der Waals surface area contributed by atoms with Gasteiger partial charge in [0.25, 0.3) is 11.6 Å². The van der Waals surface area contributed by atoms with Gasteiger partial charge in [-0.25, -0.2) is 0 Å². The van der Waals surface area contributed by atoms with Gasteiger partial charge in [-0.15, -0.1) is 0 Å². The van der Waals surface area contributed by atoms with E-state index in [2.05, 4.69) is 5.32 Å². The summed E-state index contributed by atoms with van der Waals surface area (Å²) in [5, 5.41) is 14.2. The lowest BCUT2D eigenvalue weighted by atomic mass is 10.1. The average molecular weight is 371 g/mol. The van der Waals surface area contributed by atoms with Gasteiger partial charge in [-0.1, -0.05) is 36.4 Å². The second kappa shape index (κ2) is 7.36. The first kappa shape index (κ1) is 17.5. The fraction of sp³-hybridized carbons (Fsp3) is 0.0455. The van der Waals surface area contributed by atoms with Gasteiger partial charge in [0, 0.05) is 23.5 Å². The Bertz CT molecular complexity index is 1050. The van der Waals surface area contributed by atoms with Crippen LogP contribution in [0.25, 0.3) is 6.08 Å². The van der Waals surface area contributed by atoms with Crippen molar-refractivity contribution in [1.29, 1.82) is 0 Å². The first-order chi connectivity index (χ1) is 13.6. The normalized spacial score (nSPS) is 15.9. The molecular weight excluding hydrogens is 354 g/mol.